The van der Waals surface area contributed by atoms with Gasteiger partial charge in [0.05, 0.1) is 5.41 Å². The number of benzene rings is 1. The van der Waals surface area contributed by atoms with Gasteiger partial charge in [-0.25, -0.2) is 8.78 Å². The van der Waals surface area contributed by atoms with Gasteiger partial charge in [-0.05, 0) is 13.8 Å². The third-order valence-corrected chi connectivity index (χ3v) is 2.72. The smallest absolute Gasteiger partial charge is 0.203 e. The summed E-state index contributed by atoms with van der Waals surface area (Å²) in [4.78, 5) is 11.5. The molecule has 0 unspecified atom stereocenters. The summed E-state index contributed by atoms with van der Waals surface area (Å²) in [6.45, 7) is 4.29. The second-order valence-corrected chi connectivity index (χ2v) is 4.75. The summed E-state index contributed by atoms with van der Waals surface area (Å²) < 4.78 is 57.3. The van der Waals surface area contributed by atoms with Crippen molar-refractivity contribution in [1.29, 1.82) is 0 Å². The number of rotatable bonds is 5. The van der Waals surface area contributed by atoms with E-state index in [1.807, 2.05) is 0 Å². The minimum Gasteiger partial charge on any atom is -0.486 e. The Balaban J connectivity index is 2.99. The van der Waals surface area contributed by atoms with E-state index in [1.165, 1.54) is 13.8 Å². The van der Waals surface area contributed by atoms with Gasteiger partial charge < -0.3 is 4.74 Å². The van der Waals surface area contributed by atoms with Gasteiger partial charge in [-0.2, -0.15) is 8.78 Å². The first kappa shape index (κ1) is 15.5. The first-order valence-electron chi connectivity index (χ1n) is 5.69. The predicted octanol–water partition coefficient (Wildman–Crippen LogP) is 3.63. The maximum Gasteiger partial charge on any atom is 0.203 e. The molecule has 19 heavy (non-hydrogen) atoms. The minimum absolute atomic E-state index is 0.0971. The molecule has 0 saturated heterocycles. The summed E-state index contributed by atoms with van der Waals surface area (Å²) in [5.41, 5.74) is -1.00. The van der Waals surface area contributed by atoms with Crippen molar-refractivity contribution < 1.29 is 27.1 Å². The van der Waals surface area contributed by atoms with Crippen LogP contribution in [0.15, 0.2) is 6.07 Å². The van der Waals surface area contributed by atoms with Crippen LogP contribution in [0.3, 0.4) is 0 Å². The van der Waals surface area contributed by atoms with Gasteiger partial charge in [0.1, 0.15) is 12.4 Å². The summed E-state index contributed by atoms with van der Waals surface area (Å²) in [5.74, 6) is -7.65. The second kappa shape index (κ2) is 5.59. The molecular weight excluding hydrogens is 264 g/mol. The standard InChI is InChI=1S/C13H14F4O2/c1-4-9(18)13(2,3)6-19-12-10(16)7(14)5-8(15)11(12)17/h5H,4,6H2,1-3H3. The molecule has 0 N–H and O–H groups in total. The Labute approximate surface area is 108 Å². The highest BCUT2D eigenvalue weighted by atomic mass is 19.2. The molecule has 0 fully saturated rings. The van der Waals surface area contributed by atoms with Gasteiger partial charge in [0.15, 0.2) is 17.4 Å². The van der Waals surface area contributed by atoms with Gasteiger partial charge in [0.25, 0.3) is 0 Å². The number of ether oxygens (including phenoxy) is 1. The molecule has 0 bridgehead atoms. The van der Waals surface area contributed by atoms with E-state index in [0.29, 0.717) is 0 Å². The van der Waals surface area contributed by atoms with Crippen LogP contribution in [0, 0.1) is 28.7 Å². The molecule has 6 heteroatoms. The van der Waals surface area contributed by atoms with E-state index in [0.717, 1.165) is 0 Å². The molecule has 1 aromatic rings. The Kier molecular flexibility index (Phi) is 4.55. The molecule has 0 aliphatic heterocycles. The average molecular weight is 278 g/mol. The van der Waals surface area contributed by atoms with Crippen LogP contribution in [0.2, 0.25) is 0 Å². The summed E-state index contributed by atoms with van der Waals surface area (Å²) in [6.07, 6.45) is 0.221. The summed E-state index contributed by atoms with van der Waals surface area (Å²) in [6, 6.07) is 0.0971. The Morgan fingerprint density at radius 2 is 1.63 bits per heavy atom. The van der Waals surface area contributed by atoms with Gasteiger partial charge in [0, 0.05) is 12.5 Å². The Hall–Kier alpha value is -1.59. The van der Waals surface area contributed by atoms with Gasteiger partial charge in [-0.3, -0.25) is 4.79 Å². The number of ketones is 1. The Bertz CT molecular complexity index is 472. The second-order valence-electron chi connectivity index (χ2n) is 4.75. The van der Waals surface area contributed by atoms with E-state index in [9.17, 15) is 22.4 Å². The molecule has 1 aromatic carbocycles. The number of hydrogen-bond acceptors (Lipinski definition) is 2. The zero-order chi connectivity index (χ0) is 14.8. The van der Waals surface area contributed by atoms with E-state index in [2.05, 4.69) is 0 Å². The van der Waals surface area contributed by atoms with Crippen LogP contribution >= 0.6 is 0 Å². The Morgan fingerprint density at radius 3 is 2.05 bits per heavy atom. The van der Waals surface area contributed by atoms with Crippen molar-refractivity contribution in [3.05, 3.63) is 29.3 Å². The minimum atomic E-state index is -1.61. The zero-order valence-electron chi connectivity index (χ0n) is 10.8. The highest BCUT2D eigenvalue weighted by molar-refractivity contribution is 5.83. The first-order chi connectivity index (χ1) is 8.70. The fourth-order valence-corrected chi connectivity index (χ4v) is 1.49. The molecule has 0 radical (unpaired) electrons. The highest BCUT2D eigenvalue weighted by Gasteiger charge is 2.29. The monoisotopic (exact) mass is 278 g/mol. The van der Waals surface area contributed by atoms with Crippen molar-refractivity contribution in [2.75, 3.05) is 6.61 Å². The molecule has 2 nitrogen and oxygen atoms in total. The molecule has 0 saturated carbocycles. The summed E-state index contributed by atoms with van der Waals surface area (Å²) in [7, 11) is 0. The normalized spacial score (nSPS) is 11.5. The van der Waals surface area contributed by atoms with Crippen LogP contribution in [0.25, 0.3) is 0 Å². The molecule has 1 rings (SSSR count). The van der Waals surface area contributed by atoms with Crippen LogP contribution < -0.4 is 4.74 Å². The molecule has 106 valence electrons. The van der Waals surface area contributed by atoms with Crippen molar-refractivity contribution in [1.82, 2.24) is 0 Å². The number of Topliss-reactive ketones (excluding diaryl/α,β-unsaturated/α-hetero) is 1. The lowest BCUT2D eigenvalue weighted by Crippen LogP contribution is -2.31. The van der Waals surface area contributed by atoms with Gasteiger partial charge in [0.2, 0.25) is 11.6 Å². The lowest BCUT2D eigenvalue weighted by atomic mass is 9.88. The third kappa shape index (κ3) is 3.24. The van der Waals surface area contributed by atoms with E-state index < -0.39 is 34.4 Å². The molecule has 0 spiro atoms. The number of halogens is 4. The number of carbonyl (C=O) groups is 1. The lowest BCUT2D eigenvalue weighted by Gasteiger charge is -2.23. The van der Waals surface area contributed by atoms with E-state index in [1.54, 1.807) is 6.92 Å². The first-order valence-corrected chi connectivity index (χ1v) is 5.69. The van der Waals surface area contributed by atoms with E-state index in [-0.39, 0.29) is 24.9 Å². The van der Waals surface area contributed by atoms with Crippen molar-refractivity contribution in [3.8, 4) is 5.75 Å². The van der Waals surface area contributed by atoms with Gasteiger partial charge >= 0.3 is 0 Å². The SMILES string of the molecule is CCC(=O)C(C)(C)COc1c(F)c(F)cc(F)c1F. The highest BCUT2D eigenvalue weighted by Crippen LogP contribution is 2.28. The van der Waals surface area contributed by atoms with E-state index in [4.69, 9.17) is 4.74 Å². The molecule has 0 atom stereocenters. The van der Waals surface area contributed by atoms with Gasteiger partial charge in [-0.1, -0.05) is 6.92 Å². The van der Waals surface area contributed by atoms with E-state index >= 15 is 0 Å². The Morgan fingerprint density at radius 1 is 1.16 bits per heavy atom. The zero-order valence-corrected chi connectivity index (χ0v) is 10.8. The van der Waals surface area contributed by atoms with Crippen molar-refractivity contribution in [3.63, 3.8) is 0 Å². The predicted molar refractivity (Wildman–Crippen MR) is 60.8 cm³/mol. The average Bonchev–Trinajstić information content (AvgIpc) is 2.35. The van der Waals surface area contributed by atoms with Gasteiger partial charge in [-0.15, -0.1) is 0 Å². The fraction of sp³-hybridized carbons (Fsp3) is 0.462. The molecule has 0 aliphatic carbocycles. The quantitative estimate of drug-likeness (QED) is 0.607. The molecule has 0 aliphatic rings. The van der Waals surface area contributed by atoms with Crippen LogP contribution in [-0.4, -0.2) is 12.4 Å². The van der Waals surface area contributed by atoms with Crippen molar-refractivity contribution in [2.24, 2.45) is 5.41 Å². The van der Waals surface area contributed by atoms with Crippen LogP contribution in [-0.2, 0) is 4.79 Å². The maximum absolute atomic E-state index is 13.3. The van der Waals surface area contributed by atoms with Crippen LogP contribution in [0.4, 0.5) is 17.6 Å². The fourth-order valence-electron chi connectivity index (χ4n) is 1.49. The molecule has 0 heterocycles. The maximum atomic E-state index is 13.3. The van der Waals surface area contributed by atoms with Crippen LogP contribution in [0.1, 0.15) is 27.2 Å². The summed E-state index contributed by atoms with van der Waals surface area (Å²) >= 11 is 0. The third-order valence-electron chi connectivity index (χ3n) is 2.72. The topological polar surface area (TPSA) is 26.3 Å². The van der Waals surface area contributed by atoms with Crippen LogP contribution in [0.5, 0.6) is 5.75 Å². The molecule has 0 amide bonds. The number of hydrogen-bond donors (Lipinski definition) is 0. The lowest BCUT2D eigenvalue weighted by molar-refractivity contribution is -0.128. The molecular formula is C13H14F4O2. The molecule has 0 aromatic heterocycles. The number of carbonyl (C=O) groups excluding carboxylic acids is 1. The summed E-state index contributed by atoms with van der Waals surface area (Å²) in [5, 5.41) is 0. The largest absolute Gasteiger partial charge is 0.486 e. The van der Waals surface area contributed by atoms with Crippen molar-refractivity contribution >= 4 is 5.78 Å². The van der Waals surface area contributed by atoms with Crippen molar-refractivity contribution in [2.45, 2.75) is 27.2 Å².